The molecule has 0 aliphatic heterocycles. The SMILES string of the molecule is Fc1cccc2c(Oc3ccc(Cl)cc3)c(-c3ccc(Cl)cc3)[nH]c12. The number of fused-ring (bicyclic) bond motifs is 1. The second kappa shape index (κ2) is 6.43. The first-order valence-corrected chi connectivity index (χ1v) is 8.37. The Balaban J connectivity index is 1.90. The Bertz CT molecular complexity index is 1040. The van der Waals surface area contributed by atoms with Crippen molar-refractivity contribution >= 4 is 34.1 Å². The number of H-pyrrole nitrogens is 1. The second-order valence-corrected chi connectivity index (χ2v) is 6.43. The molecular weight excluding hydrogens is 360 g/mol. The highest BCUT2D eigenvalue weighted by Gasteiger charge is 2.17. The molecule has 1 heterocycles. The van der Waals surface area contributed by atoms with E-state index in [1.54, 1.807) is 42.5 Å². The topological polar surface area (TPSA) is 25.0 Å². The molecule has 0 saturated heterocycles. The monoisotopic (exact) mass is 371 g/mol. The van der Waals surface area contributed by atoms with Crippen LogP contribution < -0.4 is 4.74 Å². The van der Waals surface area contributed by atoms with E-state index < -0.39 is 0 Å². The van der Waals surface area contributed by atoms with Crippen LogP contribution in [0.3, 0.4) is 0 Å². The van der Waals surface area contributed by atoms with Gasteiger partial charge >= 0.3 is 0 Å². The van der Waals surface area contributed by atoms with Crippen LogP contribution in [-0.4, -0.2) is 4.98 Å². The second-order valence-electron chi connectivity index (χ2n) is 5.55. The average Bonchev–Trinajstić information content (AvgIpc) is 2.98. The largest absolute Gasteiger partial charge is 0.454 e. The summed E-state index contributed by atoms with van der Waals surface area (Å²) >= 11 is 11.9. The van der Waals surface area contributed by atoms with E-state index in [1.807, 2.05) is 18.2 Å². The average molecular weight is 372 g/mol. The molecule has 0 aliphatic rings. The van der Waals surface area contributed by atoms with Crippen molar-refractivity contribution < 1.29 is 9.13 Å². The number of nitrogens with one attached hydrogen (secondary N) is 1. The summed E-state index contributed by atoms with van der Waals surface area (Å²) in [5.74, 6) is 0.836. The zero-order valence-corrected chi connectivity index (χ0v) is 14.4. The van der Waals surface area contributed by atoms with Crippen molar-refractivity contribution in [2.24, 2.45) is 0 Å². The zero-order chi connectivity index (χ0) is 17.4. The van der Waals surface area contributed by atoms with Gasteiger partial charge in [-0.15, -0.1) is 0 Å². The third-order valence-corrected chi connectivity index (χ3v) is 4.41. The molecule has 0 fully saturated rings. The van der Waals surface area contributed by atoms with Crippen molar-refractivity contribution in [3.8, 4) is 22.8 Å². The minimum absolute atomic E-state index is 0.335. The van der Waals surface area contributed by atoms with Gasteiger partial charge in [-0.1, -0.05) is 41.4 Å². The quantitative estimate of drug-likeness (QED) is 0.409. The smallest absolute Gasteiger partial charge is 0.160 e. The number of para-hydroxylation sites is 1. The Morgan fingerprint density at radius 3 is 2.12 bits per heavy atom. The van der Waals surface area contributed by atoms with Crippen LogP contribution in [0.1, 0.15) is 0 Å². The predicted octanol–water partition coefficient (Wildman–Crippen LogP) is 7.07. The summed E-state index contributed by atoms with van der Waals surface area (Å²) in [5.41, 5.74) is 1.94. The summed E-state index contributed by atoms with van der Waals surface area (Å²) in [7, 11) is 0. The molecule has 0 saturated carbocycles. The van der Waals surface area contributed by atoms with E-state index in [0.29, 0.717) is 38.1 Å². The van der Waals surface area contributed by atoms with Crippen molar-refractivity contribution in [2.45, 2.75) is 0 Å². The number of benzene rings is 3. The number of halogens is 3. The van der Waals surface area contributed by atoms with Gasteiger partial charge in [-0.2, -0.15) is 0 Å². The minimum Gasteiger partial charge on any atom is -0.454 e. The highest BCUT2D eigenvalue weighted by Crippen LogP contribution is 2.40. The third-order valence-electron chi connectivity index (χ3n) is 3.90. The lowest BCUT2D eigenvalue weighted by molar-refractivity contribution is 0.490. The number of rotatable bonds is 3. The Hall–Kier alpha value is -2.49. The lowest BCUT2D eigenvalue weighted by Gasteiger charge is -2.08. The van der Waals surface area contributed by atoms with Crippen molar-refractivity contribution in [1.82, 2.24) is 4.98 Å². The first-order chi connectivity index (χ1) is 12.1. The first kappa shape index (κ1) is 16.0. The summed E-state index contributed by atoms with van der Waals surface area (Å²) in [5, 5.41) is 1.92. The van der Waals surface area contributed by atoms with Gasteiger partial charge in [0.1, 0.15) is 11.6 Å². The van der Waals surface area contributed by atoms with Crippen molar-refractivity contribution in [2.75, 3.05) is 0 Å². The maximum absolute atomic E-state index is 14.2. The van der Waals surface area contributed by atoms with Gasteiger partial charge in [-0.25, -0.2) is 4.39 Å². The van der Waals surface area contributed by atoms with Crippen LogP contribution in [0.15, 0.2) is 66.7 Å². The van der Waals surface area contributed by atoms with Gasteiger partial charge < -0.3 is 9.72 Å². The van der Waals surface area contributed by atoms with Gasteiger partial charge in [-0.05, 0) is 48.5 Å². The fourth-order valence-electron chi connectivity index (χ4n) is 2.70. The number of ether oxygens (including phenoxy) is 1. The van der Waals surface area contributed by atoms with Gasteiger partial charge in [0.25, 0.3) is 0 Å². The van der Waals surface area contributed by atoms with Crippen LogP contribution in [0.2, 0.25) is 10.0 Å². The van der Waals surface area contributed by atoms with Gasteiger partial charge in [0.05, 0.1) is 11.2 Å². The lowest BCUT2D eigenvalue weighted by Crippen LogP contribution is -1.86. The molecule has 4 rings (SSSR count). The lowest BCUT2D eigenvalue weighted by atomic mass is 10.1. The molecule has 0 aliphatic carbocycles. The van der Waals surface area contributed by atoms with Crippen molar-refractivity contribution in [1.29, 1.82) is 0 Å². The van der Waals surface area contributed by atoms with E-state index >= 15 is 0 Å². The molecule has 2 nitrogen and oxygen atoms in total. The summed E-state index contributed by atoms with van der Waals surface area (Å²) in [6.07, 6.45) is 0. The van der Waals surface area contributed by atoms with Crippen LogP contribution in [0, 0.1) is 5.82 Å². The molecule has 0 atom stereocenters. The van der Waals surface area contributed by atoms with E-state index in [2.05, 4.69) is 4.98 Å². The molecule has 1 N–H and O–H groups in total. The fraction of sp³-hybridized carbons (Fsp3) is 0. The van der Waals surface area contributed by atoms with E-state index in [1.165, 1.54) is 6.07 Å². The molecule has 124 valence electrons. The Morgan fingerprint density at radius 2 is 1.44 bits per heavy atom. The van der Waals surface area contributed by atoms with Crippen LogP contribution in [0.4, 0.5) is 4.39 Å². The molecule has 1 aromatic heterocycles. The maximum Gasteiger partial charge on any atom is 0.160 e. The maximum atomic E-state index is 14.2. The number of aromatic amines is 1. The highest BCUT2D eigenvalue weighted by atomic mass is 35.5. The number of hydrogen-bond acceptors (Lipinski definition) is 1. The van der Waals surface area contributed by atoms with Gasteiger partial charge in [0.15, 0.2) is 5.75 Å². The molecule has 0 spiro atoms. The molecule has 5 heteroatoms. The summed E-state index contributed by atoms with van der Waals surface area (Å²) in [6.45, 7) is 0. The highest BCUT2D eigenvalue weighted by molar-refractivity contribution is 6.30. The molecule has 0 amide bonds. The standard InChI is InChI=1S/C20H12Cl2FNO/c21-13-6-4-12(5-7-13)18-20(25-15-10-8-14(22)9-11-15)16-2-1-3-17(23)19(16)24-18/h1-11,24H. The molecule has 4 aromatic rings. The molecule has 25 heavy (non-hydrogen) atoms. The molecular formula is C20H12Cl2FNO. The number of hydrogen-bond donors (Lipinski definition) is 1. The Labute approximate surface area is 153 Å². The summed E-state index contributed by atoms with van der Waals surface area (Å²) in [6, 6.07) is 19.2. The Kier molecular flexibility index (Phi) is 4.12. The molecule has 0 unspecified atom stereocenters. The van der Waals surface area contributed by atoms with Crippen molar-refractivity contribution in [3.05, 3.63) is 82.6 Å². The van der Waals surface area contributed by atoms with Crippen LogP contribution in [-0.2, 0) is 0 Å². The van der Waals surface area contributed by atoms with Crippen molar-refractivity contribution in [3.63, 3.8) is 0 Å². The zero-order valence-electron chi connectivity index (χ0n) is 12.9. The summed E-state index contributed by atoms with van der Waals surface area (Å²) < 4.78 is 20.3. The van der Waals surface area contributed by atoms with Gasteiger partial charge in [-0.3, -0.25) is 0 Å². The molecule has 0 radical (unpaired) electrons. The van der Waals surface area contributed by atoms with E-state index in [0.717, 1.165) is 5.56 Å². The van der Waals surface area contributed by atoms with Crippen LogP contribution in [0.25, 0.3) is 22.2 Å². The number of aromatic nitrogens is 1. The predicted molar refractivity (Wildman–Crippen MR) is 100 cm³/mol. The molecule has 0 bridgehead atoms. The first-order valence-electron chi connectivity index (χ1n) is 7.61. The van der Waals surface area contributed by atoms with Gasteiger partial charge in [0, 0.05) is 21.0 Å². The minimum atomic E-state index is -0.335. The molecule has 3 aromatic carbocycles. The van der Waals surface area contributed by atoms with E-state index in [9.17, 15) is 4.39 Å². The van der Waals surface area contributed by atoms with Gasteiger partial charge in [0.2, 0.25) is 0 Å². The Morgan fingerprint density at radius 1 is 0.800 bits per heavy atom. The normalized spacial score (nSPS) is 11.0. The van der Waals surface area contributed by atoms with E-state index in [4.69, 9.17) is 27.9 Å². The van der Waals surface area contributed by atoms with Crippen LogP contribution in [0.5, 0.6) is 11.5 Å². The fourth-order valence-corrected chi connectivity index (χ4v) is 2.96. The van der Waals surface area contributed by atoms with Crippen LogP contribution >= 0.6 is 23.2 Å². The summed E-state index contributed by atoms with van der Waals surface area (Å²) in [4.78, 5) is 3.13. The van der Waals surface area contributed by atoms with E-state index in [-0.39, 0.29) is 5.82 Å². The third kappa shape index (κ3) is 3.09.